The summed E-state index contributed by atoms with van der Waals surface area (Å²) >= 11 is 3.14. The minimum atomic E-state index is -3.98. The molecule has 1 unspecified atom stereocenters. The van der Waals surface area contributed by atoms with Crippen LogP contribution >= 0.6 is 15.9 Å². The standard InChI is InChI=1S/C12H14BrFN2O4S/c13-9-3-4-10(14)11(6-9)15-21(19,20)16-5-1-2-8(7-16)12(17)18/h3-4,6,8,15H,1-2,5,7H2,(H,17,18). The molecule has 0 bridgehead atoms. The lowest BCUT2D eigenvalue weighted by Crippen LogP contribution is -2.44. The number of anilines is 1. The molecule has 1 fully saturated rings. The Hall–Kier alpha value is -1.19. The van der Waals surface area contributed by atoms with Crippen LogP contribution in [0.15, 0.2) is 22.7 Å². The van der Waals surface area contributed by atoms with Gasteiger partial charge in [0, 0.05) is 17.6 Å². The van der Waals surface area contributed by atoms with Gasteiger partial charge in [-0.25, -0.2) is 4.39 Å². The smallest absolute Gasteiger partial charge is 0.307 e. The summed E-state index contributed by atoms with van der Waals surface area (Å²) in [6, 6.07) is 3.90. The predicted molar refractivity (Wildman–Crippen MR) is 78.6 cm³/mol. The second kappa shape index (κ2) is 6.29. The number of carboxylic acid groups (broad SMARTS) is 1. The van der Waals surface area contributed by atoms with E-state index in [1.807, 2.05) is 0 Å². The first-order chi connectivity index (χ1) is 9.79. The Bertz CT molecular complexity index is 653. The van der Waals surface area contributed by atoms with Crippen molar-refractivity contribution in [2.45, 2.75) is 12.8 Å². The van der Waals surface area contributed by atoms with Crippen LogP contribution in [0.4, 0.5) is 10.1 Å². The fourth-order valence-electron chi connectivity index (χ4n) is 2.14. The zero-order chi connectivity index (χ0) is 15.6. The highest BCUT2D eigenvalue weighted by Crippen LogP contribution is 2.24. The molecule has 0 aliphatic carbocycles. The van der Waals surface area contributed by atoms with E-state index in [1.54, 1.807) is 0 Å². The summed E-state index contributed by atoms with van der Waals surface area (Å²) in [5, 5.41) is 8.98. The Morgan fingerprint density at radius 1 is 1.48 bits per heavy atom. The van der Waals surface area contributed by atoms with Crippen molar-refractivity contribution < 1.29 is 22.7 Å². The van der Waals surface area contributed by atoms with E-state index >= 15 is 0 Å². The van der Waals surface area contributed by atoms with Crippen molar-refractivity contribution in [2.24, 2.45) is 5.92 Å². The molecule has 6 nitrogen and oxygen atoms in total. The SMILES string of the molecule is O=C(O)C1CCCN(S(=O)(=O)Nc2cc(Br)ccc2F)C1. The average molecular weight is 381 g/mol. The number of hydrogen-bond acceptors (Lipinski definition) is 3. The first-order valence-electron chi connectivity index (χ1n) is 6.25. The molecule has 2 N–H and O–H groups in total. The predicted octanol–water partition coefficient (Wildman–Crippen LogP) is 2.04. The van der Waals surface area contributed by atoms with Crippen LogP contribution in [0.1, 0.15) is 12.8 Å². The van der Waals surface area contributed by atoms with Crippen molar-refractivity contribution in [3.05, 3.63) is 28.5 Å². The summed E-state index contributed by atoms with van der Waals surface area (Å²) in [5.41, 5.74) is -0.179. The van der Waals surface area contributed by atoms with Gasteiger partial charge in [0.05, 0.1) is 11.6 Å². The maximum absolute atomic E-state index is 13.6. The van der Waals surface area contributed by atoms with Crippen LogP contribution in [0.25, 0.3) is 0 Å². The van der Waals surface area contributed by atoms with Gasteiger partial charge in [0.2, 0.25) is 0 Å². The molecule has 21 heavy (non-hydrogen) atoms. The number of carbonyl (C=O) groups is 1. The Morgan fingerprint density at radius 3 is 2.86 bits per heavy atom. The third kappa shape index (κ3) is 3.92. The zero-order valence-electron chi connectivity index (χ0n) is 10.9. The van der Waals surface area contributed by atoms with Crippen LogP contribution in [-0.2, 0) is 15.0 Å². The third-order valence-electron chi connectivity index (χ3n) is 3.24. The molecule has 116 valence electrons. The maximum Gasteiger partial charge on any atom is 0.307 e. The van der Waals surface area contributed by atoms with Gasteiger partial charge in [0.25, 0.3) is 0 Å². The van der Waals surface area contributed by atoms with Crippen LogP contribution in [-0.4, -0.2) is 36.9 Å². The molecule has 1 aromatic rings. The summed E-state index contributed by atoms with van der Waals surface area (Å²) < 4.78 is 41.8. The Morgan fingerprint density at radius 2 is 2.19 bits per heavy atom. The van der Waals surface area contributed by atoms with Gasteiger partial charge in [-0.3, -0.25) is 9.52 Å². The molecule has 9 heteroatoms. The maximum atomic E-state index is 13.6. The number of piperidine rings is 1. The second-order valence-corrected chi connectivity index (χ2v) is 7.35. The van der Waals surface area contributed by atoms with Gasteiger partial charge in [0.1, 0.15) is 5.82 Å². The van der Waals surface area contributed by atoms with Crippen molar-refractivity contribution in [1.29, 1.82) is 0 Å². The third-order valence-corrected chi connectivity index (χ3v) is 5.22. The summed E-state index contributed by atoms with van der Waals surface area (Å²) in [6.07, 6.45) is 0.894. The fraction of sp³-hybridized carbons (Fsp3) is 0.417. The molecule has 2 rings (SSSR count). The molecule has 1 aliphatic heterocycles. The topological polar surface area (TPSA) is 86.7 Å². The lowest BCUT2D eigenvalue weighted by molar-refractivity contribution is -0.142. The molecule has 0 saturated carbocycles. The number of rotatable bonds is 4. The fourth-order valence-corrected chi connectivity index (χ4v) is 3.81. The molecule has 1 saturated heterocycles. The van der Waals surface area contributed by atoms with Crippen LogP contribution in [0.5, 0.6) is 0 Å². The minimum absolute atomic E-state index is 0.111. The van der Waals surface area contributed by atoms with Crippen LogP contribution in [0, 0.1) is 11.7 Å². The highest BCUT2D eigenvalue weighted by Gasteiger charge is 2.32. The molecule has 1 heterocycles. The summed E-state index contributed by atoms with van der Waals surface area (Å²) in [6.45, 7) is 0.106. The average Bonchev–Trinajstić information content (AvgIpc) is 2.43. The van der Waals surface area contributed by atoms with E-state index in [0.717, 1.165) is 10.4 Å². The molecule has 1 atom stereocenters. The Balaban J connectivity index is 2.18. The van der Waals surface area contributed by atoms with Gasteiger partial charge in [-0.15, -0.1) is 0 Å². The number of halogens is 2. The Kier molecular flexibility index (Phi) is 4.84. The van der Waals surface area contributed by atoms with Gasteiger partial charge in [0.15, 0.2) is 0 Å². The van der Waals surface area contributed by atoms with E-state index in [-0.39, 0.29) is 18.8 Å². The molecule has 1 aromatic carbocycles. The number of hydrogen-bond donors (Lipinski definition) is 2. The number of carboxylic acids is 1. The van der Waals surface area contributed by atoms with Crippen LogP contribution in [0.3, 0.4) is 0 Å². The highest BCUT2D eigenvalue weighted by molar-refractivity contribution is 9.10. The molecule has 0 aromatic heterocycles. The van der Waals surface area contributed by atoms with E-state index in [4.69, 9.17) is 5.11 Å². The highest BCUT2D eigenvalue weighted by atomic mass is 79.9. The first kappa shape index (κ1) is 16.2. The molecule has 0 amide bonds. The van der Waals surface area contributed by atoms with Crippen molar-refractivity contribution in [2.75, 3.05) is 17.8 Å². The normalized spacial score (nSPS) is 20.2. The van der Waals surface area contributed by atoms with Crippen molar-refractivity contribution >= 4 is 37.8 Å². The van der Waals surface area contributed by atoms with E-state index in [9.17, 15) is 17.6 Å². The number of nitrogens with one attached hydrogen (secondary N) is 1. The largest absolute Gasteiger partial charge is 0.481 e. The second-order valence-electron chi connectivity index (χ2n) is 4.77. The number of benzene rings is 1. The van der Waals surface area contributed by atoms with E-state index in [2.05, 4.69) is 20.7 Å². The van der Waals surface area contributed by atoms with Crippen LogP contribution < -0.4 is 4.72 Å². The monoisotopic (exact) mass is 380 g/mol. The van der Waals surface area contributed by atoms with Crippen molar-refractivity contribution in [3.8, 4) is 0 Å². The van der Waals surface area contributed by atoms with Gasteiger partial charge in [-0.05, 0) is 31.0 Å². The summed E-state index contributed by atoms with van der Waals surface area (Å²) in [4.78, 5) is 11.0. The van der Waals surface area contributed by atoms with E-state index in [1.165, 1.54) is 12.1 Å². The van der Waals surface area contributed by atoms with Crippen LogP contribution in [0.2, 0.25) is 0 Å². The van der Waals surface area contributed by atoms with Gasteiger partial charge in [-0.1, -0.05) is 15.9 Å². The Labute approximate surface area is 130 Å². The van der Waals surface area contributed by atoms with Gasteiger partial charge in [-0.2, -0.15) is 12.7 Å². The molecular formula is C12H14BrFN2O4S. The van der Waals surface area contributed by atoms with Crippen molar-refractivity contribution in [3.63, 3.8) is 0 Å². The lowest BCUT2D eigenvalue weighted by atomic mass is 10.0. The van der Waals surface area contributed by atoms with Gasteiger partial charge < -0.3 is 5.11 Å². The molecular weight excluding hydrogens is 367 g/mol. The quantitative estimate of drug-likeness (QED) is 0.836. The summed E-state index contributed by atoms with van der Waals surface area (Å²) in [7, 11) is -3.98. The molecule has 0 radical (unpaired) electrons. The minimum Gasteiger partial charge on any atom is -0.481 e. The van der Waals surface area contributed by atoms with Gasteiger partial charge >= 0.3 is 16.2 Å². The number of nitrogens with zero attached hydrogens (tertiary/aromatic N) is 1. The van der Waals surface area contributed by atoms with E-state index < -0.39 is 27.9 Å². The zero-order valence-corrected chi connectivity index (χ0v) is 13.3. The summed E-state index contributed by atoms with van der Waals surface area (Å²) in [5.74, 6) is -2.46. The lowest BCUT2D eigenvalue weighted by Gasteiger charge is -2.30. The number of aliphatic carboxylic acids is 1. The molecule has 0 spiro atoms. The van der Waals surface area contributed by atoms with E-state index in [0.29, 0.717) is 17.3 Å². The first-order valence-corrected chi connectivity index (χ1v) is 8.48. The van der Waals surface area contributed by atoms with Crippen molar-refractivity contribution in [1.82, 2.24) is 4.31 Å². The molecule has 1 aliphatic rings.